The minimum atomic E-state index is -3.36. The number of halogens is 2. The van der Waals surface area contributed by atoms with Crippen molar-refractivity contribution < 1.29 is 14.0 Å². The van der Waals surface area contributed by atoms with Crippen LogP contribution in [0.5, 0.6) is 0 Å². The molecule has 0 aromatic heterocycles. The van der Waals surface area contributed by atoms with Crippen LogP contribution in [0.2, 0.25) is 0 Å². The molecular weight excluding hydrogens is 152 g/mol. The zero-order chi connectivity index (χ0) is 8.32. The van der Waals surface area contributed by atoms with Crippen LogP contribution in [-0.2, 0) is 6.05 Å². The van der Waals surface area contributed by atoms with Crippen molar-refractivity contribution >= 4 is 0 Å². The van der Waals surface area contributed by atoms with Crippen LogP contribution >= 0.6 is 0 Å². The van der Waals surface area contributed by atoms with Gasteiger partial charge in [-0.1, -0.05) is 30.3 Å². The van der Waals surface area contributed by atoms with Gasteiger partial charge in [0, 0.05) is 5.56 Å². The summed E-state index contributed by atoms with van der Waals surface area (Å²) < 4.78 is 25.0. The second kappa shape index (κ2) is 2.94. The van der Waals surface area contributed by atoms with Gasteiger partial charge < -0.3 is 5.21 Å². The van der Waals surface area contributed by atoms with Crippen LogP contribution in [0.1, 0.15) is 5.56 Å². The highest BCUT2D eigenvalue weighted by Crippen LogP contribution is 2.22. The topological polar surface area (TPSA) is 32.3 Å². The average molecular weight is 159 g/mol. The van der Waals surface area contributed by atoms with Crippen LogP contribution < -0.4 is 5.48 Å². The molecule has 0 fully saturated rings. The fraction of sp³-hybridized carbons (Fsp3) is 0.143. The minimum absolute atomic E-state index is 0.262. The lowest BCUT2D eigenvalue weighted by Gasteiger charge is -2.12. The Morgan fingerprint density at radius 1 is 1.18 bits per heavy atom. The molecule has 0 aliphatic heterocycles. The van der Waals surface area contributed by atoms with Crippen molar-refractivity contribution in [1.29, 1.82) is 0 Å². The van der Waals surface area contributed by atoms with Gasteiger partial charge in [0.15, 0.2) is 0 Å². The highest BCUT2D eigenvalue weighted by atomic mass is 19.3. The number of hydrogen-bond acceptors (Lipinski definition) is 2. The number of benzene rings is 1. The number of rotatable bonds is 2. The van der Waals surface area contributed by atoms with Gasteiger partial charge in [0.05, 0.1) is 0 Å². The lowest BCUT2D eigenvalue weighted by molar-refractivity contribution is -0.133. The Bertz CT molecular complexity index is 225. The lowest BCUT2D eigenvalue weighted by atomic mass is 10.2. The summed E-state index contributed by atoms with van der Waals surface area (Å²) in [6.45, 7) is 0. The summed E-state index contributed by atoms with van der Waals surface area (Å²) in [5, 5.41) is 8.05. The van der Waals surface area contributed by atoms with Gasteiger partial charge in [-0.25, -0.2) is 0 Å². The summed E-state index contributed by atoms with van der Waals surface area (Å²) in [4.78, 5) is 0. The first-order chi connectivity index (χ1) is 5.17. The molecule has 0 heterocycles. The third-order valence-electron chi connectivity index (χ3n) is 1.28. The maximum Gasteiger partial charge on any atom is 0.349 e. The van der Waals surface area contributed by atoms with E-state index in [9.17, 15) is 8.78 Å². The number of hydrogen-bond donors (Lipinski definition) is 2. The molecule has 1 rings (SSSR count). The van der Waals surface area contributed by atoms with Crippen LogP contribution in [0.25, 0.3) is 0 Å². The Balaban J connectivity index is 2.93. The Labute approximate surface area is 62.4 Å². The van der Waals surface area contributed by atoms with E-state index in [4.69, 9.17) is 5.21 Å². The SMILES string of the molecule is ONC(F)(F)c1ccccc1. The third kappa shape index (κ3) is 1.72. The monoisotopic (exact) mass is 159 g/mol. The Morgan fingerprint density at radius 2 is 1.73 bits per heavy atom. The van der Waals surface area contributed by atoms with Gasteiger partial charge in [0.1, 0.15) is 0 Å². The normalized spacial score (nSPS) is 11.5. The zero-order valence-electron chi connectivity index (χ0n) is 5.59. The van der Waals surface area contributed by atoms with Crippen molar-refractivity contribution in [3.63, 3.8) is 0 Å². The van der Waals surface area contributed by atoms with Crippen molar-refractivity contribution in [1.82, 2.24) is 5.48 Å². The highest BCUT2D eigenvalue weighted by Gasteiger charge is 2.29. The van der Waals surface area contributed by atoms with E-state index in [1.54, 1.807) is 6.07 Å². The molecule has 0 amide bonds. The first kappa shape index (κ1) is 8.10. The van der Waals surface area contributed by atoms with Gasteiger partial charge in [0.25, 0.3) is 0 Å². The first-order valence-corrected chi connectivity index (χ1v) is 3.01. The Morgan fingerprint density at radius 3 is 2.18 bits per heavy atom. The molecule has 60 valence electrons. The summed E-state index contributed by atoms with van der Waals surface area (Å²) >= 11 is 0. The van der Waals surface area contributed by atoms with E-state index in [1.165, 1.54) is 24.3 Å². The molecule has 0 radical (unpaired) electrons. The molecule has 2 N–H and O–H groups in total. The minimum Gasteiger partial charge on any atom is -0.311 e. The molecule has 0 aliphatic carbocycles. The largest absolute Gasteiger partial charge is 0.349 e. The fourth-order valence-electron chi connectivity index (χ4n) is 0.712. The molecule has 0 saturated carbocycles. The molecular formula is C7H7F2NO. The summed E-state index contributed by atoms with van der Waals surface area (Å²) in [5.41, 5.74) is 0.663. The molecule has 1 aromatic rings. The third-order valence-corrected chi connectivity index (χ3v) is 1.28. The molecule has 1 aromatic carbocycles. The van der Waals surface area contributed by atoms with Gasteiger partial charge in [-0.05, 0) is 0 Å². The van der Waals surface area contributed by atoms with Crippen molar-refractivity contribution in [2.75, 3.05) is 0 Å². The molecule has 0 spiro atoms. The van der Waals surface area contributed by atoms with Gasteiger partial charge in [-0.2, -0.15) is 8.78 Å². The van der Waals surface area contributed by atoms with Gasteiger partial charge in [0.2, 0.25) is 0 Å². The van der Waals surface area contributed by atoms with E-state index in [0.717, 1.165) is 5.48 Å². The molecule has 11 heavy (non-hydrogen) atoms. The van der Waals surface area contributed by atoms with Crippen molar-refractivity contribution in [2.24, 2.45) is 0 Å². The second-order valence-electron chi connectivity index (χ2n) is 2.05. The Hall–Kier alpha value is -1.00. The van der Waals surface area contributed by atoms with Gasteiger partial charge >= 0.3 is 6.05 Å². The van der Waals surface area contributed by atoms with E-state index in [1.807, 2.05) is 0 Å². The van der Waals surface area contributed by atoms with Gasteiger partial charge in [-0.3, -0.25) is 0 Å². The molecule has 4 heteroatoms. The quantitative estimate of drug-likeness (QED) is 0.508. The number of hydroxylamine groups is 1. The maximum absolute atomic E-state index is 12.5. The zero-order valence-corrected chi connectivity index (χ0v) is 5.59. The van der Waals surface area contributed by atoms with Crippen LogP contribution in [0.3, 0.4) is 0 Å². The Kier molecular flexibility index (Phi) is 2.16. The standard InChI is InChI=1S/C7H7F2NO/c8-7(9,10-11)6-4-2-1-3-5-6/h1-5,10-11H. The van der Waals surface area contributed by atoms with E-state index < -0.39 is 6.05 Å². The predicted molar refractivity (Wildman–Crippen MR) is 35.3 cm³/mol. The summed E-state index contributed by atoms with van der Waals surface area (Å²) in [6, 6.07) is 3.66. The van der Waals surface area contributed by atoms with E-state index >= 15 is 0 Å². The van der Waals surface area contributed by atoms with Crippen LogP contribution in [0.15, 0.2) is 30.3 Å². The average Bonchev–Trinajstić information content (AvgIpc) is 2.06. The summed E-state index contributed by atoms with van der Waals surface area (Å²) in [5.74, 6) is 0. The summed E-state index contributed by atoms with van der Waals surface area (Å²) in [6.07, 6.45) is 0. The molecule has 0 bridgehead atoms. The lowest BCUT2D eigenvalue weighted by Crippen LogP contribution is -2.30. The van der Waals surface area contributed by atoms with Crippen LogP contribution in [0, 0.1) is 0 Å². The molecule has 0 unspecified atom stereocenters. The smallest absolute Gasteiger partial charge is 0.311 e. The van der Waals surface area contributed by atoms with Crippen LogP contribution in [0.4, 0.5) is 8.78 Å². The first-order valence-electron chi connectivity index (χ1n) is 3.01. The molecule has 0 aliphatic rings. The maximum atomic E-state index is 12.5. The van der Waals surface area contributed by atoms with Gasteiger partial charge in [-0.15, -0.1) is 5.48 Å². The molecule has 0 saturated heterocycles. The second-order valence-corrected chi connectivity index (χ2v) is 2.05. The van der Waals surface area contributed by atoms with Crippen molar-refractivity contribution in [2.45, 2.75) is 6.05 Å². The van der Waals surface area contributed by atoms with Crippen molar-refractivity contribution in [3.8, 4) is 0 Å². The molecule has 0 atom stereocenters. The summed E-state index contributed by atoms with van der Waals surface area (Å²) in [7, 11) is 0. The number of nitrogens with one attached hydrogen (secondary N) is 1. The highest BCUT2D eigenvalue weighted by molar-refractivity contribution is 5.18. The van der Waals surface area contributed by atoms with E-state index in [2.05, 4.69) is 0 Å². The fourth-order valence-corrected chi connectivity index (χ4v) is 0.712. The van der Waals surface area contributed by atoms with Crippen molar-refractivity contribution in [3.05, 3.63) is 35.9 Å². The molecule has 2 nitrogen and oxygen atoms in total. The number of alkyl halides is 2. The van der Waals surface area contributed by atoms with E-state index in [0.29, 0.717) is 0 Å². The van der Waals surface area contributed by atoms with E-state index in [-0.39, 0.29) is 5.56 Å². The predicted octanol–water partition coefficient (Wildman–Crippen LogP) is 1.71. The van der Waals surface area contributed by atoms with Crippen LogP contribution in [-0.4, -0.2) is 5.21 Å².